The maximum Gasteiger partial charge on any atom is 0.338 e. The lowest BCUT2D eigenvalue weighted by molar-refractivity contribution is -0.526. The normalized spacial score (nSPS) is 22.1. The molecule has 2 atom stereocenters. The van der Waals surface area contributed by atoms with Gasteiger partial charge in [0, 0.05) is 60.3 Å². The summed E-state index contributed by atoms with van der Waals surface area (Å²) in [5.74, 6) is 1.68. The lowest BCUT2D eigenvalue weighted by Gasteiger charge is -2.39. The summed E-state index contributed by atoms with van der Waals surface area (Å²) in [6.45, 7) is 10.8. The van der Waals surface area contributed by atoms with Crippen LogP contribution in [-0.4, -0.2) is 49.0 Å². The summed E-state index contributed by atoms with van der Waals surface area (Å²) in [6.07, 6.45) is 9.20. The molecular formula is C32H37N2O3+. The molecule has 6 rings (SSSR count). The van der Waals surface area contributed by atoms with Crippen LogP contribution < -0.4 is 9.64 Å². The molecule has 0 radical (unpaired) electrons. The third-order valence-corrected chi connectivity index (χ3v) is 8.43. The summed E-state index contributed by atoms with van der Waals surface area (Å²) in [7, 11) is 0. The Morgan fingerprint density at radius 1 is 1.11 bits per heavy atom. The molecule has 37 heavy (non-hydrogen) atoms. The number of hydrogen-bond donors (Lipinski definition) is 0. The molecule has 0 bridgehead atoms. The summed E-state index contributed by atoms with van der Waals surface area (Å²) >= 11 is 0. The van der Waals surface area contributed by atoms with Gasteiger partial charge in [0.1, 0.15) is 24.6 Å². The molecular weight excluding hydrogens is 460 g/mol. The number of carbonyl (C=O) groups is 1. The van der Waals surface area contributed by atoms with E-state index in [4.69, 9.17) is 9.47 Å². The number of carbonyl (C=O) groups excluding carboxylic acids is 1. The van der Waals surface area contributed by atoms with E-state index in [1.165, 1.54) is 34.5 Å². The van der Waals surface area contributed by atoms with Crippen molar-refractivity contribution in [1.29, 1.82) is 0 Å². The molecule has 0 aromatic heterocycles. The number of rotatable bonds is 5. The summed E-state index contributed by atoms with van der Waals surface area (Å²) in [4.78, 5) is 15.6. The topological polar surface area (TPSA) is 41.8 Å². The molecule has 3 aliphatic heterocycles. The Morgan fingerprint density at radius 2 is 1.97 bits per heavy atom. The molecule has 0 spiro atoms. The number of nitrogens with zero attached hydrogens (tertiary/aromatic N) is 2. The highest BCUT2D eigenvalue weighted by molar-refractivity contribution is 6.06. The van der Waals surface area contributed by atoms with Gasteiger partial charge in [0.05, 0.1) is 12.2 Å². The van der Waals surface area contributed by atoms with Gasteiger partial charge < -0.3 is 14.4 Å². The fraction of sp³-hybridized carbons (Fsp3) is 0.438. The van der Waals surface area contributed by atoms with Crippen LogP contribution in [0.5, 0.6) is 5.75 Å². The average Bonchev–Trinajstić information content (AvgIpc) is 2.93. The molecule has 0 fully saturated rings. The van der Waals surface area contributed by atoms with E-state index in [0.717, 1.165) is 62.5 Å². The minimum atomic E-state index is -0.252. The van der Waals surface area contributed by atoms with Crippen molar-refractivity contribution in [2.75, 3.05) is 37.7 Å². The average molecular weight is 498 g/mol. The molecule has 0 saturated heterocycles. The molecule has 4 aliphatic rings. The molecule has 5 nitrogen and oxygen atoms in total. The van der Waals surface area contributed by atoms with Crippen molar-refractivity contribution in [3.63, 3.8) is 0 Å². The van der Waals surface area contributed by atoms with Crippen LogP contribution >= 0.6 is 0 Å². The molecule has 0 N–H and O–H groups in total. The summed E-state index contributed by atoms with van der Waals surface area (Å²) in [6, 6.07) is 12.6. The van der Waals surface area contributed by atoms with E-state index in [1.54, 1.807) is 0 Å². The van der Waals surface area contributed by atoms with Crippen molar-refractivity contribution < 1.29 is 18.8 Å². The van der Waals surface area contributed by atoms with Gasteiger partial charge in [-0.3, -0.25) is 0 Å². The number of benzene rings is 2. The van der Waals surface area contributed by atoms with Gasteiger partial charge in [0.25, 0.3) is 0 Å². The first-order valence-corrected chi connectivity index (χ1v) is 14.0. The van der Waals surface area contributed by atoms with Crippen LogP contribution in [0.3, 0.4) is 0 Å². The van der Waals surface area contributed by atoms with E-state index in [2.05, 4.69) is 53.7 Å². The van der Waals surface area contributed by atoms with E-state index < -0.39 is 0 Å². The number of allylic oxidation sites excluding steroid dienone is 3. The zero-order valence-electron chi connectivity index (χ0n) is 22.3. The molecule has 2 aromatic rings. The van der Waals surface area contributed by atoms with Gasteiger partial charge in [-0.25, -0.2) is 9.37 Å². The van der Waals surface area contributed by atoms with E-state index in [0.29, 0.717) is 12.2 Å². The van der Waals surface area contributed by atoms with Gasteiger partial charge in [-0.2, -0.15) is 0 Å². The third-order valence-electron chi connectivity index (χ3n) is 8.43. The monoisotopic (exact) mass is 497 g/mol. The lowest BCUT2D eigenvalue weighted by Crippen LogP contribution is -2.35. The first-order chi connectivity index (χ1) is 18.1. The Kier molecular flexibility index (Phi) is 6.39. The van der Waals surface area contributed by atoms with Crippen molar-refractivity contribution in [2.24, 2.45) is 5.92 Å². The number of ether oxygens (including phenoxy) is 2. The van der Waals surface area contributed by atoms with Crippen molar-refractivity contribution in [3.05, 3.63) is 82.1 Å². The van der Waals surface area contributed by atoms with Crippen LogP contribution in [0.25, 0.3) is 0 Å². The summed E-state index contributed by atoms with van der Waals surface area (Å²) in [5, 5.41) is 0. The molecule has 192 valence electrons. The molecule has 0 saturated carbocycles. The van der Waals surface area contributed by atoms with Crippen molar-refractivity contribution in [3.8, 4) is 5.75 Å². The SMILES string of the molecule is CCOC(=O)c1ccccc1C1c2cc3c(cc2OC2=CC4=[N+](CC)CCCC4=CC21)N(CC)CCC3. The fourth-order valence-corrected chi connectivity index (χ4v) is 6.69. The molecule has 2 unspecified atom stereocenters. The second-order valence-electron chi connectivity index (χ2n) is 10.4. The van der Waals surface area contributed by atoms with E-state index in [1.807, 2.05) is 25.1 Å². The lowest BCUT2D eigenvalue weighted by atomic mass is 9.72. The molecule has 3 heterocycles. The zero-order chi connectivity index (χ0) is 25.5. The second-order valence-corrected chi connectivity index (χ2v) is 10.4. The molecule has 0 amide bonds. The number of fused-ring (bicyclic) bond motifs is 4. The van der Waals surface area contributed by atoms with Gasteiger partial charge >= 0.3 is 5.97 Å². The number of esters is 1. The van der Waals surface area contributed by atoms with E-state index >= 15 is 0 Å². The van der Waals surface area contributed by atoms with Gasteiger partial charge in [0.2, 0.25) is 5.71 Å². The summed E-state index contributed by atoms with van der Waals surface area (Å²) < 4.78 is 14.7. The van der Waals surface area contributed by atoms with Gasteiger partial charge in [-0.1, -0.05) is 24.3 Å². The van der Waals surface area contributed by atoms with Crippen molar-refractivity contribution >= 4 is 17.4 Å². The standard InChI is InChI=1S/C32H37N2O3/c1-4-33-15-9-11-21-17-25-29(19-27(21)33)37-30-20-28-22(12-10-16-34(28)5-2)18-26(30)31(25)23-13-7-8-14-24(23)32(35)36-6-3/h7-8,13-14,17-20,25,31H,4-6,9-12,15-16H2,1-3H3/q+1. The Morgan fingerprint density at radius 3 is 2.78 bits per heavy atom. The van der Waals surface area contributed by atoms with E-state index in [-0.39, 0.29) is 17.8 Å². The maximum atomic E-state index is 13.1. The van der Waals surface area contributed by atoms with Crippen LogP contribution in [0.4, 0.5) is 5.69 Å². The Bertz CT molecular complexity index is 1340. The molecule has 2 aromatic carbocycles. The summed E-state index contributed by atoms with van der Waals surface area (Å²) in [5.41, 5.74) is 8.23. The Labute approximate surface area is 220 Å². The predicted molar refractivity (Wildman–Crippen MR) is 147 cm³/mol. The van der Waals surface area contributed by atoms with Gasteiger partial charge in [-0.15, -0.1) is 0 Å². The number of anilines is 1. The smallest absolute Gasteiger partial charge is 0.338 e. The van der Waals surface area contributed by atoms with Crippen LogP contribution in [0.1, 0.15) is 73.0 Å². The maximum absolute atomic E-state index is 13.1. The van der Waals surface area contributed by atoms with Crippen LogP contribution in [0.15, 0.2) is 59.9 Å². The zero-order valence-corrected chi connectivity index (χ0v) is 22.3. The van der Waals surface area contributed by atoms with Gasteiger partial charge in [-0.05, 0) is 63.3 Å². The van der Waals surface area contributed by atoms with Gasteiger partial charge in [0.15, 0.2) is 0 Å². The number of hydrogen-bond acceptors (Lipinski definition) is 4. The van der Waals surface area contributed by atoms with Crippen LogP contribution in [0.2, 0.25) is 0 Å². The Balaban J connectivity index is 1.57. The van der Waals surface area contributed by atoms with E-state index in [9.17, 15) is 4.79 Å². The highest BCUT2D eigenvalue weighted by Crippen LogP contribution is 2.51. The molecule has 5 heteroatoms. The molecule has 1 aliphatic carbocycles. The first kappa shape index (κ1) is 24.0. The minimum absolute atomic E-state index is 0.0102. The Hall–Kier alpha value is -3.34. The predicted octanol–water partition coefficient (Wildman–Crippen LogP) is 5.87. The van der Waals surface area contributed by atoms with Crippen LogP contribution in [-0.2, 0) is 11.2 Å². The highest BCUT2D eigenvalue weighted by atomic mass is 16.5. The highest BCUT2D eigenvalue weighted by Gasteiger charge is 2.42. The third kappa shape index (κ3) is 4.09. The van der Waals surface area contributed by atoms with Crippen molar-refractivity contribution in [1.82, 2.24) is 0 Å². The first-order valence-electron chi connectivity index (χ1n) is 14.0. The van der Waals surface area contributed by atoms with Crippen molar-refractivity contribution in [2.45, 2.75) is 52.4 Å². The number of aryl methyl sites for hydroxylation is 1. The quantitative estimate of drug-likeness (QED) is 0.383. The fourth-order valence-electron chi connectivity index (χ4n) is 6.69. The minimum Gasteiger partial charge on any atom is -0.462 e. The second kappa shape index (κ2) is 9.85. The van der Waals surface area contributed by atoms with Crippen LogP contribution in [0, 0.1) is 5.92 Å². The largest absolute Gasteiger partial charge is 0.462 e.